The molecule has 0 unspecified atom stereocenters. The second-order valence-electron chi connectivity index (χ2n) is 11.2. The number of carbonyl (C=O) groups is 2. The fraction of sp³-hybridized carbons (Fsp3) is 0.0526. The molecule has 1 aliphatic carbocycles. The van der Waals surface area contributed by atoms with Crippen LogP contribution in [-0.4, -0.2) is 11.7 Å². The van der Waals surface area contributed by atoms with Gasteiger partial charge in [-0.3, -0.25) is 9.59 Å². The zero-order valence-corrected chi connectivity index (χ0v) is 22.1. The summed E-state index contributed by atoms with van der Waals surface area (Å²) in [6.07, 6.45) is 4.63. The molecule has 0 atom stereocenters. The molecule has 0 saturated heterocycles. The highest BCUT2D eigenvalue weighted by Crippen LogP contribution is 2.46. The van der Waals surface area contributed by atoms with E-state index in [1.54, 1.807) is 0 Å². The molecule has 1 N–H and O–H groups in total. The summed E-state index contributed by atoms with van der Waals surface area (Å²) in [5, 5.41) is 18.1. The van der Waals surface area contributed by atoms with E-state index < -0.39 is 0 Å². The molecule has 0 bridgehead atoms. The third-order valence-corrected chi connectivity index (χ3v) is 8.96. The maximum Gasteiger partial charge on any atom is 0.251 e. The molecule has 10 rings (SSSR count). The van der Waals surface area contributed by atoms with Crippen molar-refractivity contribution in [1.29, 1.82) is 0 Å². The van der Waals surface area contributed by atoms with Crippen molar-refractivity contribution in [3.8, 4) is 0 Å². The highest BCUT2D eigenvalue weighted by atomic mass is 16.2. The highest BCUT2D eigenvalue weighted by Gasteiger charge is 2.22. The van der Waals surface area contributed by atoms with Crippen molar-refractivity contribution < 1.29 is 9.59 Å². The maximum absolute atomic E-state index is 12.7. The first-order valence-corrected chi connectivity index (χ1v) is 14.0. The molecule has 8 aromatic carbocycles. The summed E-state index contributed by atoms with van der Waals surface area (Å²) in [5.41, 5.74) is 3.86. The monoisotopic (exact) mass is 525 g/mol. The molecular formula is C38H23NO2. The number of ketones is 1. The molecule has 0 spiro atoms. The smallest absolute Gasteiger partial charge is 0.251 e. The Balaban J connectivity index is 0.000000204. The van der Waals surface area contributed by atoms with Gasteiger partial charge in [0.15, 0.2) is 5.78 Å². The first kappa shape index (κ1) is 22.5. The topological polar surface area (TPSA) is 46.2 Å². The average Bonchev–Trinajstić information content (AvgIpc) is 3.39. The number of carbonyl (C=O) groups excluding carboxylic acids is 2. The van der Waals surface area contributed by atoms with E-state index >= 15 is 0 Å². The van der Waals surface area contributed by atoms with Crippen LogP contribution in [0.4, 0.5) is 0 Å². The lowest BCUT2D eigenvalue weighted by Crippen LogP contribution is -2.12. The number of benzene rings is 8. The van der Waals surface area contributed by atoms with Crippen LogP contribution in [0.1, 0.15) is 38.3 Å². The largest absolute Gasteiger partial charge is 0.348 e. The molecular weight excluding hydrogens is 502 g/mol. The van der Waals surface area contributed by atoms with Crippen LogP contribution in [-0.2, 0) is 6.54 Å². The first-order chi connectivity index (χ1) is 20.2. The molecule has 0 saturated carbocycles. The van der Waals surface area contributed by atoms with E-state index in [0.717, 1.165) is 27.6 Å². The standard InChI is InChI=1S/C30H16O.C8H7NO/c31-26-7-3-6-22-23(26)13-18-9-11-19-14-24-21-5-2-1-4-16(21)12-17-8-10-20-15-25(22)28(18)30(19)29(20)27(17)24;10-8-7-4-2-1-3-6(7)5-9-8/h1-6,8-15H,7H2;1-4H,5H2,(H,9,10). The predicted octanol–water partition coefficient (Wildman–Crippen LogP) is 9.01. The van der Waals surface area contributed by atoms with Crippen LogP contribution in [0, 0.1) is 0 Å². The third kappa shape index (κ3) is 3.09. The Labute approximate surface area is 235 Å². The first-order valence-electron chi connectivity index (χ1n) is 14.0. The molecule has 1 heterocycles. The van der Waals surface area contributed by atoms with E-state index in [1.165, 1.54) is 59.2 Å². The Morgan fingerprint density at radius 3 is 2.00 bits per heavy atom. The van der Waals surface area contributed by atoms with Gasteiger partial charge in [0, 0.05) is 24.1 Å². The van der Waals surface area contributed by atoms with Crippen molar-refractivity contribution in [2.24, 2.45) is 0 Å². The van der Waals surface area contributed by atoms with Gasteiger partial charge in [-0.15, -0.1) is 0 Å². The van der Waals surface area contributed by atoms with Crippen LogP contribution in [0.15, 0.2) is 103 Å². The molecule has 1 aliphatic heterocycles. The molecule has 0 radical (unpaired) electrons. The molecule has 2 aliphatic rings. The normalized spacial score (nSPS) is 14.3. The summed E-state index contributed by atoms with van der Waals surface area (Å²) in [4.78, 5) is 23.6. The van der Waals surface area contributed by atoms with E-state index in [1.807, 2.05) is 30.3 Å². The van der Waals surface area contributed by atoms with E-state index in [2.05, 4.69) is 84.2 Å². The number of hydrogen-bond donors (Lipinski definition) is 1. The second-order valence-corrected chi connectivity index (χ2v) is 11.2. The van der Waals surface area contributed by atoms with Crippen molar-refractivity contribution >= 4 is 82.4 Å². The van der Waals surface area contributed by atoms with Gasteiger partial charge in [0.05, 0.1) is 0 Å². The van der Waals surface area contributed by atoms with Crippen molar-refractivity contribution in [3.05, 3.63) is 125 Å². The average molecular weight is 526 g/mol. The van der Waals surface area contributed by atoms with Crippen molar-refractivity contribution in [1.82, 2.24) is 5.32 Å². The number of Topliss-reactive ketones (excluding diaryl/α,β-unsaturated/α-hetero) is 1. The zero-order chi connectivity index (χ0) is 27.2. The molecule has 1 amide bonds. The minimum absolute atomic E-state index is 0.0515. The van der Waals surface area contributed by atoms with Crippen LogP contribution in [0.25, 0.3) is 70.7 Å². The lowest BCUT2D eigenvalue weighted by atomic mass is 9.82. The Hall–Kier alpha value is -5.28. The maximum atomic E-state index is 12.7. The van der Waals surface area contributed by atoms with E-state index in [4.69, 9.17) is 0 Å². The number of nitrogens with one attached hydrogen (secondary N) is 1. The Morgan fingerprint density at radius 2 is 1.20 bits per heavy atom. The molecule has 8 aromatic rings. The van der Waals surface area contributed by atoms with Gasteiger partial charge >= 0.3 is 0 Å². The van der Waals surface area contributed by atoms with Crippen LogP contribution in [0.5, 0.6) is 0 Å². The van der Waals surface area contributed by atoms with Gasteiger partial charge in [-0.25, -0.2) is 0 Å². The fourth-order valence-electron chi connectivity index (χ4n) is 7.13. The second kappa shape index (κ2) is 8.12. The van der Waals surface area contributed by atoms with Gasteiger partial charge in [-0.05, 0) is 106 Å². The molecule has 3 nitrogen and oxygen atoms in total. The van der Waals surface area contributed by atoms with Crippen LogP contribution in [0.3, 0.4) is 0 Å². The van der Waals surface area contributed by atoms with Crippen molar-refractivity contribution in [3.63, 3.8) is 0 Å². The molecule has 0 fully saturated rings. The Bertz CT molecular complexity index is 2430. The Kier molecular flexibility index (Phi) is 4.46. The van der Waals surface area contributed by atoms with Crippen LogP contribution < -0.4 is 5.32 Å². The minimum atomic E-state index is 0.0515. The number of amides is 1. The quantitative estimate of drug-likeness (QED) is 0.159. The molecule has 41 heavy (non-hydrogen) atoms. The van der Waals surface area contributed by atoms with Crippen molar-refractivity contribution in [2.75, 3.05) is 0 Å². The van der Waals surface area contributed by atoms with E-state index in [9.17, 15) is 9.59 Å². The van der Waals surface area contributed by atoms with E-state index in [0.29, 0.717) is 13.0 Å². The summed E-state index contributed by atoms with van der Waals surface area (Å²) in [6.45, 7) is 0.689. The number of fused-ring (bicyclic) bond motifs is 5. The van der Waals surface area contributed by atoms with Gasteiger partial charge in [-0.2, -0.15) is 0 Å². The summed E-state index contributed by atoms with van der Waals surface area (Å²) in [6, 6.07) is 34.3. The van der Waals surface area contributed by atoms with Crippen molar-refractivity contribution in [2.45, 2.75) is 13.0 Å². The third-order valence-electron chi connectivity index (χ3n) is 8.96. The van der Waals surface area contributed by atoms with Crippen LogP contribution >= 0.6 is 0 Å². The van der Waals surface area contributed by atoms with Gasteiger partial charge in [0.1, 0.15) is 0 Å². The predicted molar refractivity (Wildman–Crippen MR) is 169 cm³/mol. The minimum Gasteiger partial charge on any atom is -0.348 e. The highest BCUT2D eigenvalue weighted by molar-refractivity contribution is 6.39. The van der Waals surface area contributed by atoms with E-state index in [-0.39, 0.29) is 11.7 Å². The summed E-state index contributed by atoms with van der Waals surface area (Å²) in [5.74, 6) is 0.266. The Morgan fingerprint density at radius 1 is 0.537 bits per heavy atom. The summed E-state index contributed by atoms with van der Waals surface area (Å²) >= 11 is 0. The SMILES string of the molecule is O=C1CC=Cc2c1cc1ccc3cc4c5ccccc5cc5ccc6cc2c1c3c6c54.O=C1NCc2ccccc21. The molecule has 0 aromatic heterocycles. The van der Waals surface area contributed by atoms with Gasteiger partial charge in [0.2, 0.25) is 0 Å². The molecule has 3 heteroatoms. The lowest BCUT2D eigenvalue weighted by molar-refractivity contribution is 0.0963. The number of allylic oxidation sites excluding steroid dienone is 1. The lowest BCUT2D eigenvalue weighted by Gasteiger charge is -2.21. The molecule has 192 valence electrons. The van der Waals surface area contributed by atoms with Gasteiger partial charge in [-0.1, -0.05) is 78.9 Å². The fourth-order valence-corrected chi connectivity index (χ4v) is 7.13. The zero-order valence-electron chi connectivity index (χ0n) is 22.1. The summed E-state index contributed by atoms with van der Waals surface area (Å²) in [7, 11) is 0. The van der Waals surface area contributed by atoms with Gasteiger partial charge in [0.25, 0.3) is 5.91 Å². The number of hydrogen-bond acceptors (Lipinski definition) is 2. The van der Waals surface area contributed by atoms with Crippen LogP contribution in [0.2, 0.25) is 0 Å². The summed E-state index contributed by atoms with van der Waals surface area (Å²) < 4.78 is 0. The van der Waals surface area contributed by atoms with Gasteiger partial charge < -0.3 is 5.32 Å². The number of rotatable bonds is 0.